The monoisotopic (exact) mass is 341 g/mol. The molecule has 0 bridgehead atoms. The SMILES string of the molecule is CCNC(=NCCCOCC1CCOCC1)N(C)CC1CCOC1. The van der Waals surface area contributed by atoms with Gasteiger partial charge in [-0.2, -0.15) is 0 Å². The predicted octanol–water partition coefficient (Wildman–Crippen LogP) is 1.75. The molecule has 6 heteroatoms. The van der Waals surface area contributed by atoms with Crippen LogP contribution in [-0.2, 0) is 14.2 Å². The van der Waals surface area contributed by atoms with Crippen molar-refractivity contribution in [3.8, 4) is 0 Å². The molecule has 0 saturated carbocycles. The van der Waals surface area contributed by atoms with Gasteiger partial charge in [-0.15, -0.1) is 0 Å². The highest BCUT2D eigenvalue weighted by Crippen LogP contribution is 2.15. The van der Waals surface area contributed by atoms with Crippen LogP contribution in [0.15, 0.2) is 4.99 Å². The number of nitrogens with zero attached hydrogens (tertiary/aromatic N) is 2. The van der Waals surface area contributed by atoms with E-state index in [2.05, 4.69) is 24.2 Å². The van der Waals surface area contributed by atoms with Gasteiger partial charge in [0.05, 0.1) is 6.61 Å². The van der Waals surface area contributed by atoms with Gasteiger partial charge in [0.25, 0.3) is 0 Å². The Bertz CT molecular complexity index is 353. The molecule has 1 N–H and O–H groups in total. The van der Waals surface area contributed by atoms with Crippen LogP contribution in [0.5, 0.6) is 0 Å². The highest BCUT2D eigenvalue weighted by Gasteiger charge is 2.19. The van der Waals surface area contributed by atoms with E-state index < -0.39 is 0 Å². The van der Waals surface area contributed by atoms with Crippen molar-refractivity contribution in [1.82, 2.24) is 10.2 Å². The predicted molar refractivity (Wildman–Crippen MR) is 96.5 cm³/mol. The second-order valence-electron chi connectivity index (χ2n) is 6.83. The minimum absolute atomic E-state index is 0.627. The molecular weight excluding hydrogens is 306 g/mol. The molecular formula is C18H35N3O3. The fraction of sp³-hybridized carbons (Fsp3) is 0.944. The first-order chi connectivity index (χ1) is 11.8. The van der Waals surface area contributed by atoms with Gasteiger partial charge in [-0.1, -0.05) is 0 Å². The summed E-state index contributed by atoms with van der Waals surface area (Å²) in [6.45, 7) is 10.0. The summed E-state index contributed by atoms with van der Waals surface area (Å²) < 4.78 is 16.6. The van der Waals surface area contributed by atoms with Crippen molar-refractivity contribution < 1.29 is 14.2 Å². The summed E-state index contributed by atoms with van der Waals surface area (Å²) >= 11 is 0. The largest absolute Gasteiger partial charge is 0.381 e. The molecule has 24 heavy (non-hydrogen) atoms. The van der Waals surface area contributed by atoms with Crippen LogP contribution < -0.4 is 5.32 Å². The van der Waals surface area contributed by atoms with E-state index in [1.165, 1.54) is 0 Å². The molecule has 0 aromatic carbocycles. The van der Waals surface area contributed by atoms with Crippen LogP contribution in [0.25, 0.3) is 0 Å². The van der Waals surface area contributed by atoms with Crippen LogP contribution in [0.1, 0.15) is 32.6 Å². The van der Waals surface area contributed by atoms with E-state index in [0.717, 1.165) is 90.9 Å². The average Bonchev–Trinajstić information content (AvgIpc) is 3.10. The van der Waals surface area contributed by atoms with E-state index in [0.29, 0.717) is 11.8 Å². The average molecular weight is 341 g/mol. The van der Waals surface area contributed by atoms with E-state index in [1.807, 2.05) is 0 Å². The highest BCUT2D eigenvalue weighted by atomic mass is 16.5. The van der Waals surface area contributed by atoms with E-state index in [9.17, 15) is 0 Å². The van der Waals surface area contributed by atoms with Gasteiger partial charge in [0, 0.05) is 65.6 Å². The number of guanidine groups is 1. The molecule has 0 aromatic rings. The number of rotatable bonds is 9. The Kier molecular flexibility index (Phi) is 9.46. The Balaban J connectivity index is 1.60. The second kappa shape index (κ2) is 11.7. The number of ether oxygens (including phenoxy) is 3. The third-order valence-electron chi connectivity index (χ3n) is 4.66. The Labute approximate surface area is 146 Å². The minimum Gasteiger partial charge on any atom is -0.381 e. The van der Waals surface area contributed by atoms with Crippen LogP contribution in [0.3, 0.4) is 0 Å². The van der Waals surface area contributed by atoms with Gasteiger partial charge in [0.2, 0.25) is 0 Å². The van der Waals surface area contributed by atoms with Crippen LogP contribution in [0, 0.1) is 11.8 Å². The van der Waals surface area contributed by atoms with Crippen LogP contribution >= 0.6 is 0 Å². The molecule has 2 saturated heterocycles. The molecule has 140 valence electrons. The summed E-state index contributed by atoms with van der Waals surface area (Å²) in [5.41, 5.74) is 0. The molecule has 1 atom stereocenters. The van der Waals surface area contributed by atoms with Gasteiger partial charge < -0.3 is 24.4 Å². The Morgan fingerprint density at radius 2 is 1.92 bits per heavy atom. The van der Waals surface area contributed by atoms with E-state index in [-0.39, 0.29) is 0 Å². The summed E-state index contributed by atoms with van der Waals surface area (Å²) in [6.07, 6.45) is 4.40. The van der Waals surface area contributed by atoms with Crippen LogP contribution in [0.4, 0.5) is 0 Å². The van der Waals surface area contributed by atoms with Crippen molar-refractivity contribution in [3.05, 3.63) is 0 Å². The molecule has 0 aliphatic carbocycles. The maximum atomic E-state index is 5.81. The van der Waals surface area contributed by atoms with Crippen molar-refractivity contribution in [2.45, 2.75) is 32.6 Å². The van der Waals surface area contributed by atoms with Crippen molar-refractivity contribution in [1.29, 1.82) is 0 Å². The Hall–Kier alpha value is -0.850. The van der Waals surface area contributed by atoms with E-state index >= 15 is 0 Å². The van der Waals surface area contributed by atoms with Crippen molar-refractivity contribution in [2.75, 3.05) is 66.3 Å². The number of hydrogen-bond acceptors (Lipinski definition) is 4. The summed E-state index contributed by atoms with van der Waals surface area (Å²) in [5, 5.41) is 3.38. The summed E-state index contributed by atoms with van der Waals surface area (Å²) in [4.78, 5) is 6.96. The Morgan fingerprint density at radius 1 is 1.17 bits per heavy atom. The molecule has 2 fully saturated rings. The normalized spacial score (nSPS) is 22.8. The maximum Gasteiger partial charge on any atom is 0.193 e. The van der Waals surface area contributed by atoms with Crippen LogP contribution in [0.2, 0.25) is 0 Å². The fourth-order valence-electron chi connectivity index (χ4n) is 3.19. The number of nitrogens with one attached hydrogen (secondary N) is 1. The van der Waals surface area contributed by atoms with Gasteiger partial charge in [-0.25, -0.2) is 0 Å². The molecule has 1 unspecified atom stereocenters. The molecule has 0 amide bonds. The lowest BCUT2D eigenvalue weighted by Crippen LogP contribution is -2.41. The Morgan fingerprint density at radius 3 is 2.62 bits per heavy atom. The van der Waals surface area contributed by atoms with Gasteiger partial charge in [-0.05, 0) is 38.5 Å². The van der Waals surface area contributed by atoms with E-state index in [1.54, 1.807) is 0 Å². The van der Waals surface area contributed by atoms with Gasteiger partial charge in [-0.3, -0.25) is 4.99 Å². The lowest BCUT2D eigenvalue weighted by molar-refractivity contribution is 0.0205. The highest BCUT2D eigenvalue weighted by molar-refractivity contribution is 5.79. The molecule has 0 spiro atoms. The number of hydrogen-bond donors (Lipinski definition) is 1. The molecule has 0 aromatic heterocycles. The molecule has 2 aliphatic rings. The lowest BCUT2D eigenvalue weighted by Gasteiger charge is -2.24. The summed E-state index contributed by atoms with van der Waals surface area (Å²) in [6, 6.07) is 0. The number of aliphatic imine (C=N–C) groups is 1. The summed E-state index contributed by atoms with van der Waals surface area (Å²) in [5.74, 6) is 2.30. The quantitative estimate of drug-likeness (QED) is 0.393. The first-order valence-electron chi connectivity index (χ1n) is 9.52. The van der Waals surface area contributed by atoms with Crippen LogP contribution in [-0.4, -0.2) is 77.2 Å². The fourth-order valence-corrected chi connectivity index (χ4v) is 3.19. The van der Waals surface area contributed by atoms with Gasteiger partial charge >= 0.3 is 0 Å². The molecule has 0 radical (unpaired) electrons. The second-order valence-corrected chi connectivity index (χ2v) is 6.83. The lowest BCUT2D eigenvalue weighted by atomic mass is 10.0. The minimum atomic E-state index is 0.627. The third kappa shape index (κ3) is 7.36. The zero-order valence-electron chi connectivity index (χ0n) is 15.5. The van der Waals surface area contributed by atoms with Crippen molar-refractivity contribution in [2.24, 2.45) is 16.8 Å². The molecule has 2 heterocycles. The van der Waals surface area contributed by atoms with Gasteiger partial charge in [0.1, 0.15) is 0 Å². The van der Waals surface area contributed by atoms with Crippen molar-refractivity contribution in [3.63, 3.8) is 0 Å². The molecule has 2 aliphatic heterocycles. The van der Waals surface area contributed by atoms with Crippen molar-refractivity contribution >= 4 is 5.96 Å². The smallest absolute Gasteiger partial charge is 0.193 e. The molecule has 2 rings (SSSR count). The van der Waals surface area contributed by atoms with Gasteiger partial charge in [0.15, 0.2) is 5.96 Å². The zero-order chi connectivity index (χ0) is 17.0. The zero-order valence-corrected chi connectivity index (χ0v) is 15.5. The van der Waals surface area contributed by atoms with E-state index in [4.69, 9.17) is 19.2 Å². The summed E-state index contributed by atoms with van der Waals surface area (Å²) in [7, 11) is 2.11. The molecule has 6 nitrogen and oxygen atoms in total. The first-order valence-corrected chi connectivity index (χ1v) is 9.52. The topological polar surface area (TPSA) is 55.3 Å². The maximum absolute atomic E-state index is 5.81. The first kappa shape index (κ1) is 19.5. The standard InChI is InChI=1S/C18H35N3O3/c1-3-19-18(21(2)13-17-7-12-24-15-17)20-8-4-9-23-14-16-5-10-22-11-6-16/h16-17H,3-15H2,1-2H3,(H,19,20). The third-order valence-corrected chi connectivity index (χ3v) is 4.66.